The molecule has 0 radical (unpaired) electrons. The normalized spacial score (nSPS) is 13.1. The zero-order valence-corrected chi connectivity index (χ0v) is 24.5. The number of hydrogen-bond donors (Lipinski definition) is 1. The number of sulfonamides is 1. The van der Waals surface area contributed by atoms with Crippen LogP contribution in [0.1, 0.15) is 57.6 Å². The molecule has 2 rings (SSSR count). The summed E-state index contributed by atoms with van der Waals surface area (Å²) >= 11 is 12.6. The summed E-state index contributed by atoms with van der Waals surface area (Å²) < 4.78 is 26.4. The second kappa shape index (κ2) is 14.0. The van der Waals surface area contributed by atoms with E-state index in [4.69, 9.17) is 23.2 Å². The Labute approximate surface area is 231 Å². The van der Waals surface area contributed by atoms with E-state index in [0.29, 0.717) is 27.7 Å². The SMILES string of the molecule is CC[C@@H](C)NC(=O)[C@@H](CC)N(Cc1ccccc1Cl)C(=O)CCCN(c1cccc(Cl)c1C)S(C)(=O)=O. The topological polar surface area (TPSA) is 86.8 Å². The highest BCUT2D eigenvalue weighted by Gasteiger charge is 2.30. The van der Waals surface area contributed by atoms with E-state index in [1.165, 1.54) is 4.31 Å². The molecule has 0 fully saturated rings. The molecule has 0 spiro atoms. The van der Waals surface area contributed by atoms with Gasteiger partial charge in [0.1, 0.15) is 6.04 Å². The molecule has 37 heavy (non-hydrogen) atoms. The van der Waals surface area contributed by atoms with Crippen LogP contribution < -0.4 is 9.62 Å². The van der Waals surface area contributed by atoms with Gasteiger partial charge in [0.15, 0.2) is 0 Å². The number of halogens is 2. The lowest BCUT2D eigenvalue weighted by Crippen LogP contribution is -2.50. The highest BCUT2D eigenvalue weighted by molar-refractivity contribution is 7.92. The van der Waals surface area contributed by atoms with Crippen LogP contribution in [0.15, 0.2) is 42.5 Å². The lowest BCUT2D eigenvalue weighted by atomic mass is 10.1. The first-order valence-electron chi connectivity index (χ1n) is 12.5. The van der Waals surface area contributed by atoms with Crippen molar-refractivity contribution in [3.63, 3.8) is 0 Å². The molecule has 0 saturated carbocycles. The van der Waals surface area contributed by atoms with Crippen molar-refractivity contribution in [3.8, 4) is 0 Å². The molecule has 0 unspecified atom stereocenters. The van der Waals surface area contributed by atoms with Crippen LogP contribution in [0.2, 0.25) is 10.0 Å². The van der Waals surface area contributed by atoms with Crippen LogP contribution in [0.5, 0.6) is 0 Å². The molecule has 0 aliphatic heterocycles. The van der Waals surface area contributed by atoms with E-state index in [2.05, 4.69) is 5.32 Å². The summed E-state index contributed by atoms with van der Waals surface area (Å²) in [6.45, 7) is 7.79. The van der Waals surface area contributed by atoms with Gasteiger partial charge in [0.05, 0.1) is 11.9 Å². The summed E-state index contributed by atoms with van der Waals surface area (Å²) in [7, 11) is -3.61. The van der Waals surface area contributed by atoms with Crippen LogP contribution in [0.25, 0.3) is 0 Å². The average molecular weight is 571 g/mol. The summed E-state index contributed by atoms with van der Waals surface area (Å²) in [5, 5.41) is 3.95. The maximum atomic E-state index is 13.5. The Kier molecular flexibility index (Phi) is 11.7. The predicted molar refractivity (Wildman–Crippen MR) is 152 cm³/mol. The molecule has 1 N–H and O–H groups in total. The molecular weight excluding hydrogens is 533 g/mol. The number of amides is 2. The number of hydrogen-bond acceptors (Lipinski definition) is 4. The zero-order valence-electron chi connectivity index (χ0n) is 22.1. The molecule has 10 heteroatoms. The number of nitrogens with one attached hydrogen (secondary N) is 1. The van der Waals surface area contributed by atoms with E-state index in [0.717, 1.165) is 18.2 Å². The molecule has 0 aromatic heterocycles. The van der Waals surface area contributed by atoms with Gasteiger partial charge in [0.25, 0.3) is 0 Å². The number of nitrogens with zero attached hydrogens (tertiary/aromatic N) is 2. The fraction of sp³-hybridized carbons (Fsp3) is 0.481. The van der Waals surface area contributed by atoms with Gasteiger partial charge in [-0.05, 0) is 62.4 Å². The third kappa shape index (κ3) is 8.62. The smallest absolute Gasteiger partial charge is 0.243 e. The van der Waals surface area contributed by atoms with Crippen LogP contribution >= 0.6 is 23.2 Å². The van der Waals surface area contributed by atoms with Gasteiger partial charge in [-0.15, -0.1) is 0 Å². The van der Waals surface area contributed by atoms with Crippen molar-refractivity contribution in [1.29, 1.82) is 0 Å². The molecule has 204 valence electrons. The van der Waals surface area contributed by atoms with Crippen LogP contribution in [-0.2, 0) is 26.2 Å². The minimum Gasteiger partial charge on any atom is -0.352 e. The first-order chi connectivity index (χ1) is 17.4. The highest BCUT2D eigenvalue weighted by Crippen LogP contribution is 2.29. The van der Waals surface area contributed by atoms with Gasteiger partial charge in [0, 0.05) is 35.6 Å². The van der Waals surface area contributed by atoms with E-state index in [9.17, 15) is 18.0 Å². The van der Waals surface area contributed by atoms with Crippen molar-refractivity contribution in [3.05, 3.63) is 63.6 Å². The van der Waals surface area contributed by atoms with E-state index in [-0.39, 0.29) is 43.8 Å². The second-order valence-electron chi connectivity index (χ2n) is 9.18. The maximum Gasteiger partial charge on any atom is 0.243 e. The Hall–Kier alpha value is -2.29. The molecule has 2 amide bonds. The summed E-state index contributed by atoms with van der Waals surface area (Å²) in [5.41, 5.74) is 1.86. The first kappa shape index (κ1) is 30.9. The van der Waals surface area contributed by atoms with E-state index < -0.39 is 16.1 Å². The van der Waals surface area contributed by atoms with Crippen molar-refractivity contribution in [2.24, 2.45) is 0 Å². The van der Waals surface area contributed by atoms with E-state index in [1.54, 1.807) is 36.1 Å². The maximum absolute atomic E-state index is 13.5. The monoisotopic (exact) mass is 569 g/mol. The summed E-state index contributed by atoms with van der Waals surface area (Å²) in [6.07, 6.45) is 2.65. The van der Waals surface area contributed by atoms with E-state index in [1.807, 2.05) is 39.0 Å². The minimum absolute atomic E-state index is 0.0249. The number of rotatable bonds is 13. The van der Waals surface area contributed by atoms with Crippen LogP contribution in [0, 0.1) is 6.92 Å². The quantitative estimate of drug-likeness (QED) is 0.341. The van der Waals surface area contributed by atoms with Crippen molar-refractivity contribution in [2.75, 3.05) is 17.1 Å². The Bertz CT molecular complexity index is 1190. The lowest BCUT2D eigenvalue weighted by molar-refractivity contribution is -0.141. The van der Waals surface area contributed by atoms with Crippen LogP contribution in [0.4, 0.5) is 5.69 Å². The molecule has 0 heterocycles. The number of anilines is 1. The molecule has 2 atom stereocenters. The third-order valence-electron chi connectivity index (χ3n) is 6.35. The van der Waals surface area contributed by atoms with Gasteiger partial charge in [-0.2, -0.15) is 0 Å². The second-order valence-corrected chi connectivity index (χ2v) is 11.9. The molecule has 2 aromatic rings. The largest absolute Gasteiger partial charge is 0.352 e. The molecule has 0 saturated heterocycles. The summed E-state index contributed by atoms with van der Waals surface area (Å²) in [6, 6.07) is 11.6. The Morgan fingerprint density at radius 1 is 1.00 bits per heavy atom. The Balaban J connectivity index is 2.27. The molecule has 0 aliphatic carbocycles. The van der Waals surface area contributed by atoms with Gasteiger partial charge >= 0.3 is 0 Å². The van der Waals surface area contributed by atoms with Crippen molar-refractivity contribution >= 4 is 50.7 Å². The predicted octanol–water partition coefficient (Wildman–Crippen LogP) is 5.57. The molecule has 0 bridgehead atoms. The summed E-state index contributed by atoms with van der Waals surface area (Å²) in [4.78, 5) is 28.2. The van der Waals surface area contributed by atoms with Gasteiger partial charge in [-0.25, -0.2) is 8.42 Å². The average Bonchev–Trinajstić information content (AvgIpc) is 2.84. The standard InChI is InChI=1S/C27H37Cl2N3O4S/c1-6-19(3)30-27(34)24(7-2)31(18-21-12-8-9-13-23(21)29)26(33)16-11-17-32(37(5,35)36)25-15-10-14-22(28)20(25)4/h8-10,12-15,19,24H,6-7,11,16-18H2,1-5H3,(H,30,34)/t19-,24-/m1/s1. The Morgan fingerprint density at radius 2 is 1.65 bits per heavy atom. The zero-order chi connectivity index (χ0) is 27.8. The number of carbonyl (C=O) groups excluding carboxylic acids is 2. The molecule has 2 aromatic carbocycles. The first-order valence-corrected chi connectivity index (χ1v) is 15.1. The fourth-order valence-electron chi connectivity index (χ4n) is 4.02. The molecular formula is C27H37Cl2N3O4S. The van der Waals surface area contributed by atoms with Crippen LogP contribution in [-0.4, -0.2) is 50.0 Å². The number of carbonyl (C=O) groups is 2. The molecule has 7 nitrogen and oxygen atoms in total. The van der Waals surface area contributed by atoms with E-state index >= 15 is 0 Å². The van der Waals surface area contributed by atoms with Gasteiger partial charge < -0.3 is 10.2 Å². The van der Waals surface area contributed by atoms with Gasteiger partial charge in [0.2, 0.25) is 21.8 Å². The molecule has 0 aliphatic rings. The minimum atomic E-state index is -3.61. The van der Waals surface area contributed by atoms with Gasteiger partial charge in [-0.3, -0.25) is 13.9 Å². The van der Waals surface area contributed by atoms with Crippen LogP contribution in [0.3, 0.4) is 0 Å². The lowest BCUT2D eigenvalue weighted by Gasteiger charge is -2.32. The van der Waals surface area contributed by atoms with Crippen molar-refractivity contribution < 1.29 is 18.0 Å². The summed E-state index contributed by atoms with van der Waals surface area (Å²) in [5.74, 6) is -0.466. The third-order valence-corrected chi connectivity index (χ3v) is 8.30. The Morgan fingerprint density at radius 3 is 2.24 bits per heavy atom. The van der Waals surface area contributed by atoms with Crippen molar-refractivity contribution in [1.82, 2.24) is 10.2 Å². The van der Waals surface area contributed by atoms with Gasteiger partial charge in [-0.1, -0.05) is 61.3 Å². The highest BCUT2D eigenvalue weighted by atomic mass is 35.5. The van der Waals surface area contributed by atoms with Crippen molar-refractivity contribution in [2.45, 2.75) is 72.0 Å². The fourth-order valence-corrected chi connectivity index (χ4v) is 5.40. The number of benzene rings is 2.